The van der Waals surface area contributed by atoms with Gasteiger partial charge in [0, 0.05) is 48.5 Å². The van der Waals surface area contributed by atoms with Gasteiger partial charge < -0.3 is 15.0 Å². The van der Waals surface area contributed by atoms with Gasteiger partial charge in [0.05, 0.1) is 0 Å². The molecule has 0 radical (unpaired) electrons. The zero-order valence-corrected chi connectivity index (χ0v) is 14.4. The first-order valence-corrected chi connectivity index (χ1v) is 8.17. The van der Waals surface area contributed by atoms with Gasteiger partial charge in [-0.2, -0.15) is 0 Å². The lowest BCUT2D eigenvalue weighted by atomic mass is 10.1. The van der Waals surface area contributed by atoms with Gasteiger partial charge in [0.15, 0.2) is 0 Å². The van der Waals surface area contributed by atoms with Gasteiger partial charge in [0.2, 0.25) is 0 Å². The van der Waals surface area contributed by atoms with Gasteiger partial charge in [0.1, 0.15) is 6.61 Å². The largest absolute Gasteiger partial charge is 0.381 e. The van der Waals surface area contributed by atoms with Crippen molar-refractivity contribution in [2.24, 2.45) is 0 Å². The number of aromatic nitrogens is 1. The second-order valence-electron chi connectivity index (χ2n) is 6.14. The molecular weight excluding hydrogens is 302 g/mol. The first-order chi connectivity index (χ1) is 11.6. The van der Waals surface area contributed by atoms with Crippen molar-refractivity contribution in [1.82, 2.24) is 4.98 Å². The van der Waals surface area contributed by atoms with Crippen molar-refractivity contribution < 1.29 is 9.53 Å². The number of benzene rings is 1. The molecule has 24 heavy (non-hydrogen) atoms. The predicted molar refractivity (Wildman–Crippen MR) is 95.4 cm³/mol. The molecule has 0 saturated heterocycles. The Kier molecular flexibility index (Phi) is 4.81. The summed E-state index contributed by atoms with van der Waals surface area (Å²) in [6, 6.07) is 10.3. The highest BCUT2D eigenvalue weighted by molar-refractivity contribution is 5.97. The highest BCUT2D eigenvalue weighted by Gasteiger charge is 2.26. The van der Waals surface area contributed by atoms with E-state index in [1.165, 1.54) is 11.1 Å². The molecule has 0 unspecified atom stereocenters. The summed E-state index contributed by atoms with van der Waals surface area (Å²) in [6.45, 7) is 5.59. The average molecular weight is 325 g/mol. The summed E-state index contributed by atoms with van der Waals surface area (Å²) in [5, 5.41) is 3.51. The second-order valence-corrected chi connectivity index (χ2v) is 6.14. The minimum Gasteiger partial charge on any atom is -0.381 e. The van der Waals surface area contributed by atoms with Gasteiger partial charge in [-0.1, -0.05) is 6.07 Å². The molecule has 0 saturated carbocycles. The standard InChI is InChI=1S/C19H23N3O2/c1-13-9-15(10-14(2)21-13)11-20-17-5-4-6-18-16(17)7-8-22(18)19(23)12-24-3/h4-6,9-10,20H,7-8,11-12H2,1-3H3. The van der Waals surface area contributed by atoms with Gasteiger partial charge in [-0.25, -0.2) is 0 Å². The van der Waals surface area contributed by atoms with Gasteiger partial charge >= 0.3 is 0 Å². The number of carbonyl (C=O) groups excluding carboxylic acids is 1. The zero-order valence-electron chi connectivity index (χ0n) is 14.4. The Morgan fingerprint density at radius 1 is 1.29 bits per heavy atom. The van der Waals surface area contributed by atoms with Crippen molar-refractivity contribution in [1.29, 1.82) is 0 Å². The second kappa shape index (κ2) is 7.01. The number of aryl methyl sites for hydroxylation is 2. The van der Waals surface area contributed by atoms with Crippen LogP contribution in [0.3, 0.4) is 0 Å². The van der Waals surface area contributed by atoms with Crippen molar-refractivity contribution in [2.75, 3.05) is 30.5 Å². The van der Waals surface area contributed by atoms with E-state index in [2.05, 4.69) is 28.5 Å². The molecule has 1 N–H and O–H groups in total. The number of carbonyl (C=O) groups is 1. The number of nitrogens with one attached hydrogen (secondary N) is 1. The van der Waals surface area contributed by atoms with Crippen molar-refractivity contribution in [3.8, 4) is 0 Å². The molecule has 0 atom stereocenters. The molecule has 1 amide bonds. The maximum absolute atomic E-state index is 12.1. The van der Waals surface area contributed by atoms with Crippen LogP contribution in [0.25, 0.3) is 0 Å². The minimum absolute atomic E-state index is 0.00813. The van der Waals surface area contributed by atoms with E-state index < -0.39 is 0 Å². The number of ether oxygens (including phenoxy) is 1. The summed E-state index contributed by atoms with van der Waals surface area (Å²) in [4.78, 5) is 18.4. The summed E-state index contributed by atoms with van der Waals surface area (Å²) in [5.41, 5.74) is 6.55. The van der Waals surface area contributed by atoms with Crippen LogP contribution in [-0.4, -0.2) is 31.2 Å². The first-order valence-electron chi connectivity index (χ1n) is 8.17. The maximum Gasteiger partial charge on any atom is 0.252 e. The third-order valence-electron chi connectivity index (χ3n) is 4.22. The normalized spacial score (nSPS) is 13.0. The molecule has 126 valence electrons. The Morgan fingerprint density at radius 3 is 2.75 bits per heavy atom. The number of hydrogen-bond acceptors (Lipinski definition) is 4. The fourth-order valence-electron chi connectivity index (χ4n) is 3.28. The third kappa shape index (κ3) is 3.41. The van der Waals surface area contributed by atoms with Crippen LogP contribution < -0.4 is 10.2 Å². The van der Waals surface area contributed by atoms with Crippen LogP contribution in [0.15, 0.2) is 30.3 Å². The van der Waals surface area contributed by atoms with E-state index in [1.54, 1.807) is 7.11 Å². The van der Waals surface area contributed by atoms with Crippen LogP contribution in [-0.2, 0) is 22.5 Å². The molecule has 2 heterocycles. The summed E-state index contributed by atoms with van der Waals surface area (Å²) in [6.07, 6.45) is 0.863. The smallest absolute Gasteiger partial charge is 0.252 e. The first kappa shape index (κ1) is 16.5. The number of hydrogen-bond donors (Lipinski definition) is 1. The van der Waals surface area contributed by atoms with E-state index >= 15 is 0 Å². The van der Waals surface area contributed by atoms with Crippen LogP contribution >= 0.6 is 0 Å². The van der Waals surface area contributed by atoms with Crippen LogP contribution in [0.4, 0.5) is 11.4 Å². The number of pyridine rings is 1. The Balaban J connectivity index is 1.77. The third-order valence-corrected chi connectivity index (χ3v) is 4.22. The molecular formula is C19H23N3O2. The quantitative estimate of drug-likeness (QED) is 0.918. The number of anilines is 2. The van der Waals surface area contributed by atoms with Crippen molar-refractivity contribution >= 4 is 17.3 Å². The molecule has 1 aliphatic heterocycles. The van der Waals surface area contributed by atoms with Crippen LogP contribution in [0.5, 0.6) is 0 Å². The van der Waals surface area contributed by atoms with Crippen LogP contribution in [0.2, 0.25) is 0 Å². The molecule has 0 spiro atoms. The average Bonchev–Trinajstić information content (AvgIpc) is 2.97. The highest BCUT2D eigenvalue weighted by Crippen LogP contribution is 2.34. The minimum atomic E-state index is 0.00813. The lowest BCUT2D eigenvalue weighted by molar-refractivity contribution is -0.122. The van der Waals surface area contributed by atoms with E-state index in [0.717, 1.165) is 35.7 Å². The molecule has 1 aromatic heterocycles. The van der Waals surface area contributed by atoms with Crippen LogP contribution in [0.1, 0.15) is 22.5 Å². The predicted octanol–water partition coefficient (Wildman–Crippen LogP) is 2.85. The summed E-state index contributed by atoms with van der Waals surface area (Å²) >= 11 is 0. The van der Waals surface area contributed by atoms with Crippen molar-refractivity contribution in [3.05, 3.63) is 52.8 Å². The molecule has 0 fully saturated rings. The summed E-state index contributed by atoms with van der Waals surface area (Å²) < 4.78 is 4.98. The molecule has 5 nitrogen and oxygen atoms in total. The molecule has 3 rings (SSSR count). The summed E-state index contributed by atoms with van der Waals surface area (Å²) in [5.74, 6) is 0.00813. The Morgan fingerprint density at radius 2 is 2.04 bits per heavy atom. The van der Waals surface area contributed by atoms with Crippen LogP contribution in [0, 0.1) is 13.8 Å². The fraction of sp³-hybridized carbons (Fsp3) is 0.368. The van der Waals surface area contributed by atoms with Gasteiger partial charge in [-0.3, -0.25) is 9.78 Å². The summed E-state index contributed by atoms with van der Waals surface area (Å²) in [7, 11) is 1.55. The van der Waals surface area contributed by atoms with E-state index in [-0.39, 0.29) is 12.5 Å². The SMILES string of the molecule is COCC(=O)N1CCc2c(NCc3cc(C)nc(C)c3)cccc21. The van der Waals surface area contributed by atoms with Crippen molar-refractivity contribution in [2.45, 2.75) is 26.8 Å². The lowest BCUT2D eigenvalue weighted by Gasteiger charge is -2.18. The molecule has 1 aliphatic rings. The molecule has 5 heteroatoms. The monoisotopic (exact) mass is 325 g/mol. The number of fused-ring (bicyclic) bond motifs is 1. The fourth-order valence-corrected chi connectivity index (χ4v) is 3.28. The van der Waals surface area contributed by atoms with E-state index in [1.807, 2.05) is 30.9 Å². The maximum atomic E-state index is 12.1. The van der Waals surface area contributed by atoms with Crippen molar-refractivity contribution in [3.63, 3.8) is 0 Å². The zero-order chi connectivity index (χ0) is 17.1. The van der Waals surface area contributed by atoms with Gasteiger partial charge in [-0.15, -0.1) is 0 Å². The van der Waals surface area contributed by atoms with E-state index in [4.69, 9.17) is 4.74 Å². The Labute approximate surface area is 142 Å². The Bertz CT molecular complexity index is 738. The lowest BCUT2D eigenvalue weighted by Crippen LogP contribution is -2.31. The Hall–Kier alpha value is -2.40. The molecule has 0 bridgehead atoms. The molecule has 1 aromatic carbocycles. The number of nitrogens with zero attached hydrogens (tertiary/aromatic N) is 2. The number of methoxy groups -OCH3 is 1. The van der Waals surface area contributed by atoms with Gasteiger partial charge in [-0.05, 0) is 50.1 Å². The molecule has 0 aliphatic carbocycles. The molecule has 2 aromatic rings. The number of rotatable bonds is 5. The highest BCUT2D eigenvalue weighted by atomic mass is 16.5. The topological polar surface area (TPSA) is 54.5 Å². The van der Waals surface area contributed by atoms with E-state index in [9.17, 15) is 4.79 Å². The number of amides is 1. The van der Waals surface area contributed by atoms with E-state index in [0.29, 0.717) is 6.54 Å². The van der Waals surface area contributed by atoms with Gasteiger partial charge in [0.25, 0.3) is 5.91 Å².